The van der Waals surface area contributed by atoms with Gasteiger partial charge in [0.05, 0.1) is 10.2 Å². The second kappa shape index (κ2) is 4.93. The molecule has 0 N–H and O–H groups in total. The number of nitrogens with zero attached hydrogens (tertiary/aromatic N) is 4. The van der Waals surface area contributed by atoms with E-state index in [0.717, 1.165) is 27.5 Å². The van der Waals surface area contributed by atoms with Crippen LogP contribution in [-0.2, 0) is 6.18 Å². The smallest absolute Gasteiger partial charge is 0.235 e. The molecule has 0 unspecified atom stereocenters. The summed E-state index contributed by atoms with van der Waals surface area (Å²) in [5.74, 6) is 0. The zero-order chi connectivity index (χ0) is 14.3. The molecule has 10 heteroatoms. The summed E-state index contributed by atoms with van der Waals surface area (Å²) in [4.78, 5) is 8.27. The standard InChI is InChI=1S/C10H5F3N4S3/c1-4-2-18-6-5(4)14-3-15-7(6)19-9-17-16-8(20-9)10(11,12)13/h2-3H,1H3. The molecule has 0 aliphatic carbocycles. The minimum atomic E-state index is -4.46. The number of aryl methyl sites for hydroxylation is 1. The third kappa shape index (κ3) is 2.50. The molecule has 3 rings (SSSR count). The summed E-state index contributed by atoms with van der Waals surface area (Å²) >= 11 is 3.04. The molecule has 0 aromatic carbocycles. The van der Waals surface area contributed by atoms with Crippen molar-refractivity contribution in [3.05, 3.63) is 22.3 Å². The number of hydrogen-bond acceptors (Lipinski definition) is 7. The molecule has 0 saturated heterocycles. The summed E-state index contributed by atoms with van der Waals surface area (Å²) in [6.45, 7) is 1.92. The zero-order valence-electron chi connectivity index (χ0n) is 9.80. The highest BCUT2D eigenvalue weighted by molar-refractivity contribution is 8.01. The van der Waals surface area contributed by atoms with E-state index in [9.17, 15) is 13.2 Å². The molecule has 0 radical (unpaired) electrons. The van der Waals surface area contributed by atoms with Gasteiger partial charge in [0.25, 0.3) is 0 Å². The van der Waals surface area contributed by atoms with Crippen molar-refractivity contribution in [3.8, 4) is 0 Å². The Hall–Kier alpha value is -1.26. The molecule has 0 spiro atoms. The number of thiophene rings is 1. The number of hydrogen-bond donors (Lipinski definition) is 0. The van der Waals surface area contributed by atoms with Gasteiger partial charge >= 0.3 is 6.18 Å². The van der Waals surface area contributed by atoms with Crippen LogP contribution in [-0.4, -0.2) is 20.2 Å². The Morgan fingerprint density at radius 1 is 1.20 bits per heavy atom. The summed E-state index contributed by atoms with van der Waals surface area (Å²) in [5, 5.41) is 8.28. The molecule has 0 aliphatic heterocycles. The van der Waals surface area contributed by atoms with E-state index in [0.29, 0.717) is 16.4 Å². The van der Waals surface area contributed by atoms with Gasteiger partial charge in [-0.25, -0.2) is 9.97 Å². The van der Waals surface area contributed by atoms with Gasteiger partial charge in [-0.15, -0.1) is 21.5 Å². The molecule has 104 valence electrons. The highest BCUT2D eigenvalue weighted by Crippen LogP contribution is 2.39. The van der Waals surface area contributed by atoms with Crippen molar-refractivity contribution in [3.63, 3.8) is 0 Å². The van der Waals surface area contributed by atoms with Crippen LogP contribution in [0.25, 0.3) is 10.2 Å². The van der Waals surface area contributed by atoms with E-state index in [1.807, 2.05) is 12.3 Å². The Morgan fingerprint density at radius 3 is 2.70 bits per heavy atom. The maximum absolute atomic E-state index is 12.5. The second-order valence-electron chi connectivity index (χ2n) is 3.75. The molecule has 0 atom stereocenters. The van der Waals surface area contributed by atoms with E-state index < -0.39 is 11.2 Å². The van der Waals surface area contributed by atoms with Crippen molar-refractivity contribution in [2.45, 2.75) is 22.5 Å². The van der Waals surface area contributed by atoms with Crippen LogP contribution >= 0.6 is 34.4 Å². The molecule has 3 aromatic rings. The molecule has 3 aromatic heterocycles. The van der Waals surface area contributed by atoms with E-state index in [-0.39, 0.29) is 4.34 Å². The molecule has 0 saturated carbocycles. The van der Waals surface area contributed by atoms with Crippen LogP contribution < -0.4 is 0 Å². The largest absolute Gasteiger partial charge is 0.445 e. The van der Waals surface area contributed by atoms with E-state index in [4.69, 9.17) is 0 Å². The van der Waals surface area contributed by atoms with E-state index in [2.05, 4.69) is 20.2 Å². The Morgan fingerprint density at radius 2 is 2.00 bits per heavy atom. The van der Waals surface area contributed by atoms with Crippen molar-refractivity contribution in [1.82, 2.24) is 20.2 Å². The van der Waals surface area contributed by atoms with Crippen LogP contribution in [0, 0.1) is 6.92 Å². The average molecular weight is 334 g/mol. The SMILES string of the molecule is Cc1csc2c(Sc3nnc(C(F)(F)F)s3)ncnc12. The summed E-state index contributed by atoms with van der Waals surface area (Å²) in [6.07, 6.45) is -3.06. The monoisotopic (exact) mass is 334 g/mol. The Labute approximate surface area is 123 Å². The highest BCUT2D eigenvalue weighted by Gasteiger charge is 2.35. The predicted molar refractivity (Wildman–Crippen MR) is 71.2 cm³/mol. The molecule has 20 heavy (non-hydrogen) atoms. The van der Waals surface area contributed by atoms with Gasteiger partial charge in [0.15, 0.2) is 4.34 Å². The Kier molecular flexibility index (Phi) is 3.38. The lowest BCUT2D eigenvalue weighted by Crippen LogP contribution is -2.03. The van der Waals surface area contributed by atoms with Crippen LogP contribution in [0.15, 0.2) is 21.1 Å². The van der Waals surface area contributed by atoms with E-state index >= 15 is 0 Å². The average Bonchev–Trinajstić information content (AvgIpc) is 2.98. The van der Waals surface area contributed by atoms with Gasteiger partial charge in [-0.1, -0.05) is 11.3 Å². The van der Waals surface area contributed by atoms with Gasteiger partial charge in [0.2, 0.25) is 5.01 Å². The molecule has 0 bridgehead atoms. The lowest BCUT2D eigenvalue weighted by Gasteiger charge is -1.98. The Balaban J connectivity index is 1.95. The van der Waals surface area contributed by atoms with Crippen LogP contribution in [0.2, 0.25) is 0 Å². The fourth-order valence-electron chi connectivity index (χ4n) is 1.47. The molecular formula is C10H5F3N4S3. The van der Waals surface area contributed by atoms with Gasteiger partial charge in [0.1, 0.15) is 11.4 Å². The highest BCUT2D eigenvalue weighted by atomic mass is 32.2. The first-order chi connectivity index (χ1) is 9.45. The minimum absolute atomic E-state index is 0.211. The molecule has 0 amide bonds. The number of rotatable bonds is 2. The van der Waals surface area contributed by atoms with Crippen molar-refractivity contribution in [1.29, 1.82) is 0 Å². The summed E-state index contributed by atoms with van der Waals surface area (Å²) in [5.41, 5.74) is 1.83. The quantitative estimate of drug-likeness (QED) is 0.663. The second-order valence-corrected chi connectivity index (χ2v) is 6.84. The van der Waals surface area contributed by atoms with Crippen molar-refractivity contribution >= 4 is 44.7 Å². The van der Waals surface area contributed by atoms with Crippen LogP contribution in [0.5, 0.6) is 0 Å². The predicted octanol–water partition coefficient (Wildman–Crippen LogP) is 4.02. The summed E-state index contributed by atoms with van der Waals surface area (Å²) in [7, 11) is 0. The van der Waals surface area contributed by atoms with Crippen molar-refractivity contribution in [2.24, 2.45) is 0 Å². The molecule has 0 aliphatic rings. The molecule has 3 heterocycles. The zero-order valence-corrected chi connectivity index (χ0v) is 12.3. The fraction of sp³-hybridized carbons (Fsp3) is 0.200. The first-order valence-electron chi connectivity index (χ1n) is 5.22. The van der Waals surface area contributed by atoms with Gasteiger partial charge in [-0.2, -0.15) is 13.2 Å². The topological polar surface area (TPSA) is 51.6 Å². The molecular weight excluding hydrogens is 329 g/mol. The lowest BCUT2D eigenvalue weighted by molar-refractivity contribution is -0.138. The van der Waals surface area contributed by atoms with Crippen molar-refractivity contribution in [2.75, 3.05) is 0 Å². The summed E-state index contributed by atoms with van der Waals surface area (Å²) in [6, 6.07) is 0. The van der Waals surface area contributed by atoms with Crippen LogP contribution in [0.1, 0.15) is 10.6 Å². The van der Waals surface area contributed by atoms with E-state index in [1.54, 1.807) is 0 Å². The molecule has 4 nitrogen and oxygen atoms in total. The maximum atomic E-state index is 12.5. The molecule has 0 fully saturated rings. The number of halogens is 3. The number of fused-ring (bicyclic) bond motifs is 1. The first kappa shape index (κ1) is 13.7. The van der Waals surface area contributed by atoms with Crippen LogP contribution in [0.4, 0.5) is 13.2 Å². The van der Waals surface area contributed by atoms with Gasteiger partial charge in [0, 0.05) is 0 Å². The third-order valence-corrected chi connectivity index (χ3v) is 5.58. The number of alkyl halides is 3. The van der Waals surface area contributed by atoms with E-state index in [1.165, 1.54) is 17.7 Å². The van der Waals surface area contributed by atoms with Gasteiger partial charge in [-0.05, 0) is 29.6 Å². The normalized spacial score (nSPS) is 12.2. The maximum Gasteiger partial charge on any atom is 0.445 e. The van der Waals surface area contributed by atoms with Gasteiger partial charge < -0.3 is 0 Å². The first-order valence-corrected chi connectivity index (χ1v) is 7.74. The van der Waals surface area contributed by atoms with Gasteiger partial charge in [-0.3, -0.25) is 0 Å². The third-order valence-electron chi connectivity index (χ3n) is 2.33. The minimum Gasteiger partial charge on any atom is -0.235 e. The number of aromatic nitrogens is 4. The van der Waals surface area contributed by atoms with Crippen LogP contribution in [0.3, 0.4) is 0 Å². The Bertz CT molecular complexity index is 765. The lowest BCUT2D eigenvalue weighted by atomic mass is 10.3. The van der Waals surface area contributed by atoms with Crippen molar-refractivity contribution < 1.29 is 13.2 Å². The summed E-state index contributed by atoms with van der Waals surface area (Å²) < 4.78 is 38.5. The fourth-order valence-corrected chi connectivity index (χ4v) is 4.24.